The van der Waals surface area contributed by atoms with E-state index in [1.807, 2.05) is 49.4 Å². The van der Waals surface area contributed by atoms with Crippen LogP contribution in [0.25, 0.3) is 22.1 Å². The number of ether oxygens (including phenoxy) is 1. The highest BCUT2D eigenvalue weighted by molar-refractivity contribution is 7.15. The normalized spacial score (nSPS) is 12.4. The van der Waals surface area contributed by atoms with Crippen LogP contribution in [0.4, 0.5) is 0 Å². The van der Waals surface area contributed by atoms with E-state index >= 15 is 0 Å². The lowest BCUT2D eigenvalue weighted by atomic mass is 10.1. The Morgan fingerprint density at radius 2 is 1.88 bits per heavy atom. The highest BCUT2D eigenvalue weighted by Crippen LogP contribution is 2.22. The van der Waals surface area contributed by atoms with Gasteiger partial charge in [-0.15, -0.1) is 0 Å². The second kappa shape index (κ2) is 5.46. The van der Waals surface area contributed by atoms with Crippen molar-refractivity contribution in [2.45, 2.75) is 13.8 Å². The zero-order valence-corrected chi connectivity index (χ0v) is 14.5. The topological polar surface area (TPSA) is 43.6 Å². The SMILES string of the molecule is COc1ccc(/C=c2\sc3nc4c(C)c(C)ccc4n3c2=O)cc1. The average molecular weight is 336 g/mol. The van der Waals surface area contributed by atoms with Crippen molar-refractivity contribution in [3.63, 3.8) is 0 Å². The Hall–Kier alpha value is -2.66. The fraction of sp³-hybridized carbons (Fsp3) is 0.158. The first-order valence-electron chi connectivity index (χ1n) is 7.65. The minimum atomic E-state index is -0.0171. The molecular weight excluding hydrogens is 320 g/mol. The monoisotopic (exact) mass is 336 g/mol. The lowest BCUT2D eigenvalue weighted by molar-refractivity contribution is 0.415. The first-order valence-corrected chi connectivity index (χ1v) is 8.47. The summed E-state index contributed by atoms with van der Waals surface area (Å²) < 4.78 is 7.55. The van der Waals surface area contributed by atoms with Crippen molar-refractivity contribution in [1.82, 2.24) is 9.38 Å². The van der Waals surface area contributed by atoms with Crippen LogP contribution < -0.4 is 14.8 Å². The highest BCUT2D eigenvalue weighted by Gasteiger charge is 2.13. The van der Waals surface area contributed by atoms with E-state index in [9.17, 15) is 4.79 Å². The fourth-order valence-electron chi connectivity index (χ4n) is 2.82. The Balaban J connectivity index is 1.94. The molecule has 0 unspecified atom stereocenters. The number of imidazole rings is 1. The van der Waals surface area contributed by atoms with Crippen LogP contribution in [0.2, 0.25) is 0 Å². The molecule has 0 saturated carbocycles. The van der Waals surface area contributed by atoms with Crippen molar-refractivity contribution in [2.24, 2.45) is 0 Å². The van der Waals surface area contributed by atoms with Gasteiger partial charge in [0.25, 0.3) is 5.56 Å². The van der Waals surface area contributed by atoms with Gasteiger partial charge < -0.3 is 4.74 Å². The van der Waals surface area contributed by atoms with Crippen molar-refractivity contribution >= 4 is 33.4 Å². The van der Waals surface area contributed by atoms with E-state index in [4.69, 9.17) is 4.74 Å². The standard InChI is InChI=1S/C19H16N2O2S/c1-11-4-9-15-17(12(11)2)20-19-21(15)18(22)16(24-19)10-13-5-7-14(23-3)8-6-13/h4-10H,1-3H3/b16-10-. The predicted molar refractivity (Wildman–Crippen MR) is 98.1 cm³/mol. The Kier molecular flexibility index (Phi) is 3.39. The molecule has 120 valence electrons. The number of nitrogens with zero attached hydrogens (tertiary/aromatic N) is 2. The van der Waals surface area contributed by atoms with E-state index in [1.54, 1.807) is 11.5 Å². The number of rotatable bonds is 2. The van der Waals surface area contributed by atoms with Crippen LogP contribution in [0.5, 0.6) is 5.75 Å². The van der Waals surface area contributed by atoms with Crippen molar-refractivity contribution < 1.29 is 4.74 Å². The zero-order valence-electron chi connectivity index (χ0n) is 13.7. The quantitative estimate of drug-likeness (QED) is 0.565. The van der Waals surface area contributed by atoms with Crippen LogP contribution in [0.15, 0.2) is 41.2 Å². The summed E-state index contributed by atoms with van der Waals surface area (Å²) in [6.45, 7) is 4.10. The summed E-state index contributed by atoms with van der Waals surface area (Å²) in [7, 11) is 1.64. The van der Waals surface area contributed by atoms with E-state index in [1.165, 1.54) is 16.9 Å². The molecule has 2 aromatic heterocycles. The van der Waals surface area contributed by atoms with Gasteiger partial charge in [-0.2, -0.15) is 0 Å². The fourth-order valence-corrected chi connectivity index (χ4v) is 3.80. The Bertz CT molecular complexity index is 1170. The summed E-state index contributed by atoms with van der Waals surface area (Å²) in [5.41, 5.74) is 5.05. The van der Waals surface area contributed by atoms with Gasteiger partial charge in [-0.05, 0) is 54.8 Å². The molecule has 0 atom stereocenters. The molecule has 0 bridgehead atoms. The van der Waals surface area contributed by atoms with Crippen LogP contribution in [0, 0.1) is 13.8 Å². The molecule has 0 aliphatic rings. The zero-order chi connectivity index (χ0) is 16.8. The van der Waals surface area contributed by atoms with Crippen LogP contribution in [0.3, 0.4) is 0 Å². The number of methoxy groups -OCH3 is 1. The van der Waals surface area contributed by atoms with Crippen molar-refractivity contribution in [3.8, 4) is 5.75 Å². The molecule has 2 heterocycles. The van der Waals surface area contributed by atoms with E-state index in [-0.39, 0.29) is 5.56 Å². The van der Waals surface area contributed by atoms with E-state index < -0.39 is 0 Å². The van der Waals surface area contributed by atoms with Crippen molar-refractivity contribution in [3.05, 3.63) is 68.0 Å². The maximum absolute atomic E-state index is 12.8. The van der Waals surface area contributed by atoms with Crippen molar-refractivity contribution in [2.75, 3.05) is 7.11 Å². The second-order valence-corrected chi connectivity index (χ2v) is 6.80. The molecule has 0 N–H and O–H groups in total. The van der Waals surface area contributed by atoms with E-state index in [0.29, 0.717) is 4.53 Å². The van der Waals surface area contributed by atoms with Gasteiger partial charge in [0.2, 0.25) is 0 Å². The molecule has 0 radical (unpaired) electrons. The summed E-state index contributed by atoms with van der Waals surface area (Å²) in [4.78, 5) is 18.2. The van der Waals surface area contributed by atoms with Gasteiger partial charge in [0.05, 0.1) is 22.7 Å². The Morgan fingerprint density at radius 1 is 1.12 bits per heavy atom. The second-order valence-electron chi connectivity index (χ2n) is 5.79. The average Bonchev–Trinajstić information content (AvgIpc) is 3.10. The Labute approximate surface area is 142 Å². The molecule has 4 nitrogen and oxygen atoms in total. The Morgan fingerprint density at radius 3 is 2.58 bits per heavy atom. The minimum Gasteiger partial charge on any atom is -0.497 e. The number of hydrogen-bond acceptors (Lipinski definition) is 4. The molecule has 0 aliphatic carbocycles. The highest BCUT2D eigenvalue weighted by atomic mass is 32.1. The first kappa shape index (κ1) is 14.9. The van der Waals surface area contributed by atoms with Gasteiger partial charge in [-0.25, -0.2) is 9.38 Å². The van der Waals surface area contributed by atoms with Crippen LogP contribution in [-0.2, 0) is 0 Å². The molecule has 5 heteroatoms. The largest absolute Gasteiger partial charge is 0.497 e. The molecule has 0 fully saturated rings. The molecule has 2 aromatic carbocycles. The summed E-state index contributed by atoms with van der Waals surface area (Å²) >= 11 is 1.42. The van der Waals surface area contributed by atoms with Crippen LogP contribution in [-0.4, -0.2) is 16.5 Å². The van der Waals surface area contributed by atoms with E-state index in [0.717, 1.165) is 32.9 Å². The maximum Gasteiger partial charge on any atom is 0.274 e. The maximum atomic E-state index is 12.8. The summed E-state index contributed by atoms with van der Waals surface area (Å²) in [6.07, 6.45) is 1.90. The van der Waals surface area contributed by atoms with Gasteiger partial charge in [0.1, 0.15) is 5.75 Å². The molecular formula is C19H16N2O2S. The third-order valence-electron chi connectivity index (χ3n) is 4.35. The van der Waals surface area contributed by atoms with Crippen molar-refractivity contribution in [1.29, 1.82) is 0 Å². The number of aryl methyl sites for hydroxylation is 2. The molecule has 24 heavy (non-hydrogen) atoms. The first-order chi connectivity index (χ1) is 11.6. The van der Waals surface area contributed by atoms with E-state index in [2.05, 4.69) is 11.9 Å². The molecule has 0 aliphatic heterocycles. The molecule has 4 aromatic rings. The number of fused-ring (bicyclic) bond motifs is 3. The summed E-state index contributed by atoms with van der Waals surface area (Å²) in [6, 6.07) is 11.7. The number of thiazole rings is 1. The molecule has 0 spiro atoms. The molecule has 0 amide bonds. The minimum absolute atomic E-state index is 0.0171. The summed E-state index contributed by atoms with van der Waals surface area (Å²) in [5, 5.41) is 0. The summed E-state index contributed by atoms with van der Waals surface area (Å²) in [5.74, 6) is 0.798. The van der Waals surface area contributed by atoms with Gasteiger partial charge in [0, 0.05) is 0 Å². The number of hydrogen-bond donors (Lipinski definition) is 0. The third kappa shape index (κ3) is 2.20. The van der Waals surface area contributed by atoms with Crippen LogP contribution in [0.1, 0.15) is 16.7 Å². The number of aromatic nitrogens is 2. The molecule has 0 saturated heterocycles. The predicted octanol–water partition coefficient (Wildman–Crippen LogP) is 3.08. The van der Waals surface area contributed by atoms with Crippen LogP contribution >= 0.6 is 11.3 Å². The van der Waals surface area contributed by atoms with Gasteiger partial charge >= 0.3 is 0 Å². The molecule has 4 rings (SSSR count). The van der Waals surface area contributed by atoms with Gasteiger partial charge in [-0.3, -0.25) is 4.79 Å². The number of benzene rings is 2. The lowest BCUT2D eigenvalue weighted by Gasteiger charge is -1.99. The lowest BCUT2D eigenvalue weighted by Crippen LogP contribution is -2.22. The third-order valence-corrected chi connectivity index (χ3v) is 5.32. The smallest absolute Gasteiger partial charge is 0.274 e. The van der Waals surface area contributed by atoms with Gasteiger partial charge in [0.15, 0.2) is 4.96 Å². The van der Waals surface area contributed by atoms with Gasteiger partial charge in [-0.1, -0.05) is 29.5 Å².